The van der Waals surface area contributed by atoms with Crippen LogP contribution >= 0.6 is 15.9 Å². The van der Waals surface area contributed by atoms with E-state index in [1.165, 1.54) is 6.08 Å². The molecule has 0 atom stereocenters. The molecule has 10 heteroatoms. The van der Waals surface area contributed by atoms with E-state index in [1.807, 2.05) is 0 Å². The molecule has 0 unspecified atom stereocenters. The molecule has 0 N–H and O–H groups in total. The van der Waals surface area contributed by atoms with Crippen LogP contribution in [0.3, 0.4) is 0 Å². The second-order valence-corrected chi connectivity index (χ2v) is 10.00. The lowest BCUT2D eigenvalue weighted by Crippen LogP contribution is -2.41. The maximum Gasteiger partial charge on any atom is 0.424 e. The fraction of sp³-hybridized carbons (Fsp3) is 0.250. The second-order valence-electron chi connectivity index (χ2n) is 7.25. The van der Waals surface area contributed by atoms with Gasteiger partial charge in [-0.1, -0.05) is 34.1 Å². The van der Waals surface area contributed by atoms with E-state index in [2.05, 4.69) is 22.5 Å². The summed E-state index contributed by atoms with van der Waals surface area (Å²) in [5, 5.41) is 11.3. The van der Waals surface area contributed by atoms with E-state index in [4.69, 9.17) is 4.74 Å². The van der Waals surface area contributed by atoms with Gasteiger partial charge in [0.25, 0.3) is 15.7 Å². The van der Waals surface area contributed by atoms with Gasteiger partial charge in [-0.3, -0.25) is 10.1 Å². The van der Waals surface area contributed by atoms with Crippen molar-refractivity contribution in [1.82, 2.24) is 4.31 Å². The lowest BCUT2D eigenvalue weighted by Gasteiger charge is -2.26. The Bertz CT molecular complexity index is 1080. The lowest BCUT2D eigenvalue weighted by atomic mass is 10.1. The van der Waals surface area contributed by atoms with Crippen LogP contribution in [0, 0.1) is 10.1 Å². The predicted octanol–water partition coefficient (Wildman–Crippen LogP) is 5.14. The Hall–Kier alpha value is -2.72. The fourth-order valence-corrected chi connectivity index (χ4v) is 4.26. The van der Waals surface area contributed by atoms with E-state index in [0.717, 1.165) is 22.7 Å². The van der Waals surface area contributed by atoms with E-state index >= 15 is 0 Å². The largest absolute Gasteiger partial charge is 0.443 e. The quantitative estimate of drug-likeness (QED) is 0.311. The van der Waals surface area contributed by atoms with Crippen LogP contribution in [0.1, 0.15) is 20.8 Å². The summed E-state index contributed by atoms with van der Waals surface area (Å²) >= 11 is 3.30. The number of nitro groups is 1. The van der Waals surface area contributed by atoms with Crippen molar-refractivity contribution in [3.05, 3.63) is 69.7 Å². The zero-order valence-electron chi connectivity index (χ0n) is 16.7. The zero-order valence-corrected chi connectivity index (χ0v) is 19.1. The molecule has 0 saturated heterocycles. The Balaban J connectivity index is 2.69. The molecule has 2 aromatic rings. The van der Waals surface area contributed by atoms with E-state index < -0.39 is 26.6 Å². The zero-order chi connectivity index (χ0) is 22.7. The molecule has 0 aromatic heterocycles. The third-order valence-electron chi connectivity index (χ3n) is 3.79. The Labute approximate surface area is 183 Å². The molecule has 2 aromatic carbocycles. The first-order valence-electron chi connectivity index (χ1n) is 8.78. The Morgan fingerprint density at radius 2 is 1.83 bits per heavy atom. The molecule has 0 spiro atoms. The van der Waals surface area contributed by atoms with Crippen molar-refractivity contribution in [3.8, 4) is 11.1 Å². The monoisotopic (exact) mass is 496 g/mol. The van der Waals surface area contributed by atoms with E-state index in [9.17, 15) is 23.3 Å². The first-order valence-corrected chi connectivity index (χ1v) is 11.0. The summed E-state index contributed by atoms with van der Waals surface area (Å²) in [6.45, 7) is 8.02. The fourth-order valence-electron chi connectivity index (χ4n) is 2.53. The highest BCUT2D eigenvalue weighted by atomic mass is 79.9. The average Bonchev–Trinajstić information content (AvgIpc) is 2.64. The highest BCUT2D eigenvalue weighted by molar-refractivity contribution is 9.10. The molecule has 0 saturated carbocycles. The number of non-ortho nitro benzene ring substituents is 1. The van der Waals surface area contributed by atoms with Crippen molar-refractivity contribution in [1.29, 1.82) is 0 Å². The molecule has 0 aliphatic rings. The van der Waals surface area contributed by atoms with Gasteiger partial charge in [-0.2, -0.15) is 4.31 Å². The van der Waals surface area contributed by atoms with Crippen LogP contribution in [-0.4, -0.2) is 35.9 Å². The van der Waals surface area contributed by atoms with Gasteiger partial charge in [0.1, 0.15) is 5.60 Å². The minimum atomic E-state index is -4.41. The van der Waals surface area contributed by atoms with Gasteiger partial charge in [-0.05, 0) is 44.5 Å². The number of carbonyl (C=O) groups excluding carboxylic acids is 1. The molecule has 0 radical (unpaired) electrons. The second kappa shape index (κ2) is 8.97. The Morgan fingerprint density at radius 3 is 2.33 bits per heavy atom. The first kappa shape index (κ1) is 23.6. The third kappa shape index (κ3) is 5.45. The van der Waals surface area contributed by atoms with Gasteiger partial charge in [-0.15, -0.1) is 6.58 Å². The van der Waals surface area contributed by atoms with Crippen LogP contribution in [0.25, 0.3) is 11.1 Å². The summed E-state index contributed by atoms with van der Waals surface area (Å²) in [5.41, 5.74) is -0.673. The van der Waals surface area contributed by atoms with Crippen LogP contribution < -0.4 is 0 Å². The maximum atomic E-state index is 13.4. The van der Waals surface area contributed by atoms with E-state index in [1.54, 1.807) is 45.0 Å². The average molecular weight is 497 g/mol. The highest BCUT2D eigenvalue weighted by Crippen LogP contribution is 2.34. The molecule has 160 valence electrons. The van der Waals surface area contributed by atoms with Crippen LogP contribution in [0.5, 0.6) is 0 Å². The molecule has 2 rings (SSSR count). The summed E-state index contributed by atoms with van der Waals surface area (Å²) in [6.07, 6.45) is 0.189. The van der Waals surface area contributed by atoms with Gasteiger partial charge >= 0.3 is 6.09 Å². The summed E-state index contributed by atoms with van der Waals surface area (Å²) in [7, 11) is -4.41. The van der Waals surface area contributed by atoms with Crippen LogP contribution in [-0.2, 0) is 14.8 Å². The number of nitrogens with zero attached hydrogens (tertiary/aromatic N) is 2. The normalized spacial score (nSPS) is 11.6. The maximum absolute atomic E-state index is 13.4. The molecule has 0 aliphatic carbocycles. The third-order valence-corrected chi connectivity index (χ3v) is 6.11. The number of ether oxygens (including phenoxy) is 1. The van der Waals surface area contributed by atoms with E-state index in [-0.39, 0.29) is 22.7 Å². The number of amides is 1. The minimum Gasteiger partial charge on any atom is -0.443 e. The minimum absolute atomic E-state index is 0.0920. The molecular formula is C20H21BrN2O6S. The molecule has 30 heavy (non-hydrogen) atoms. The highest BCUT2D eigenvalue weighted by Gasteiger charge is 2.34. The number of benzene rings is 2. The molecule has 0 bridgehead atoms. The molecule has 0 heterocycles. The number of hydrogen-bond acceptors (Lipinski definition) is 6. The van der Waals surface area contributed by atoms with Gasteiger partial charge in [0.15, 0.2) is 0 Å². The molecular weight excluding hydrogens is 476 g/mol. The van der Waals surface area contributed by atoms with Gasteiger partial charge < -0.3 is 4.74 Å². The number of carbonyl (C=O) groups is 1. The van der Waals surface area contributed by atoms with Crippen LogP contribution in [0.2, 0.25) is 0 Å². The summed E-state index contributed by atoms with van der Waals surface area (Å²) in [4.78, 5) is 23.0. The standard InChI is InChI=1S/C20H21BrN2O6S/c1-5-12-22(19(24)29-20(2,3)4)30(27,28)18-11-10-16(23(25)26)13-17(18)14-6-8-15(21)9-7-14/h5-11,13H,1,12H2,2-4H3. The number of nitro benzene ring substituents is 1. The summed E-state index contributed by atoms with van der Waals surface area (Å²) in [5.74, 6) is 0. The van der Waals surface area contributed by atoms with Gasteiger partial charge in [0.05, 0.1) is 16.4 Å². The number of rotatable bonds is 6. The van der Waals surface area contributed by atoms with Crippen molar-refractivity contribution in [2.24, 2.45) is 0 Å². The Morgan fingerprint density at radius 1 is 1.23 bits per heavy atom. The molecule has 8 nitrogen and oxygen atoms in total. The van der Waals surface area contributed by atoms with E-state index in [0.29, 0.717) is 9.87 Å². The SMILES string of the molecule is C=CCN(C(=O)OC(C)(C)C)S(=O)(=O)c1ccc([N+](=O)[O-])cc1-c1ccc(Br)cc1. The number of halogens is 1. The van der Waals surface area contributed by atoms with Crippen molar-refractivity contribution in [2.45, 2.75) is 31.3 Å². The molecule has 0 aliphatic heterocycles. The van der Waals surface area contributed by atoms with Gasteiger partial charge in [-0.25, -0.2) is 13.2 Å². The van der Waals surface area contributed by atoms with Crippen molar-refractivity contribution < 1.29 is 22.9 Å². The number of sulfonamides is 1. The molecule has 1 amide bonds. The Kier molecular flexibility index (Phi) is 7.04. The predicted molar refractivity (Wildman–Crippen MR) is 117 cm³/mol. The lowest BCUT2D eigenvalue weighted by molar-refractivity contribution is -0.384. The van der Waals surface area contributed by atoms with Crippen LogP contribution in [0.15, 0.2) is 64.5 Å². The first-order chi connectivity index (χ1) is 13.9. The van der Waals surface area contributed by atoms with Gasteiger partial charge in [0.2, 0.25) is 0 Å². The van der Waals surface area contributed by atoms with Crippen molar-refractivity contribution in [3.63, 3.8) is 0 Å². The smallest absolute Gasteiger partial charge is 0.424 e. The summed E-state index contributed by atoms with van der Waals surface area (Å²) in [6, 6.07) is 9.96. The molecule has 0 fully saturated rings. The topological polar surface area (TPSA) is 107 Å². The van der Waals surface area contributed by atoms with Crippen molar-refractivity contribution in [2.75, 3.05) is 6.54 Å². The van der Waals surface area contributed by atoms with Crippen molar-refractivity contribution >= 4 is 37.7 Å². The van der Waals surface area contributed by atoms with Gasteiger partial charge in [0, 0.05) is 22.2 Å². The van der Waals surface area contributed by atoms with Crippen LogP contribution in [0.4, 0.5) is 10.5 Å². The summed E-state index contributed by atoms with van der Waals surface area (Å²) < 4.78 is 33.3. The number of hydrogen-bond donors (Lipinski definition) is 0.